The maximum absolute atomic E-state index is 5.96. The largest absolute Gasteiger partial charge is 0.370 e. The number of piperidine rings is 1. The lowest BCUT2D eigenvalue weighted by atomic mass is 10.1. The molecular formula is C13H30N6O. The summed E-state index contributed by atoms with van der Waals surface area (Å²) < 4.78 is 5.57. The van der Waals surface area contributed by atoms with Gasteiger partial charge in [0.1, 0.15) is 0 Å². The van der Waals surface area contributed by atoms with E-state index in [0.717, 1.165) is 25.9 Å². The van der Waals surface area contributed by atoms with Crippen molar-refractivity contribution in [2.24, 2.45) is 22.2 Å². The zero-order chi connectivity index (χ0) is 14.8. The van der Waals surface area contributed by atoms with Gasteiger partial charge in [-0.05, 0) is 45.8 Å². The van der Waals surface area contributed by atoms with E-state index in [1.54, 1.807) is 0 Å². The molecule has 20 heavy (non-hydrogen) atoms. The lowest BCUT2D eigenvalue weighted by Crippen LogP contribution is -2.42. The zero-order valence-corrected chi connectivity index (χ0v) is 12.6. The molecule has 0 spiro atoms. The predicted octanol–water partition coefficient (Wildman–Crippen LogP) is -0.975. The molecule has 1 heterocycles. The van der Waals surface area contributed by atoms with Crippen molar-refractivity contribution in [3.8, 4) is 0 Å². The molecule has 1 atom stereocenters. The van der Waals surface area contributed by atoms with E-state index in [-0.39, 0.29) is 12.0 Å². The fraction of sp³-hybridized carbons (Fsp3) is 0.923. The highest BCUT2D eigenvalue weighted by molar-refractivity contribution is 5.75. The third-order valence-electron chi connectivity index (χ3n) is 3.55. The Balaban J connectivity index is 1.94. The van der Waals surface area contributed by atoms with Crippen molar-refractivity contribution in [1.29, 1.82) is 0 Å². The summed E-state index contributed by atoms with van der Waals surface area (Å²) in [6, 6.07) is 0.618. The number of nitrogens with two attached hydrogens (primary N) is 3. The second-order valence-corrected chi connectivity index (χ2v) is 5.51. The van der Waals surface area contributed by atoms with Gasteiger partial charge in [-0.3, -0.25) is 10.3 Å². The van der Waals surface area contributed by atoms with Crippen LogP contribution in [0.5, 0.6) is 0 Å². The summed E-state index contributed by atoms with van der Waals surface area (Å²) in [4.78, 5) is 6.27. The van der Waals surface area contributed by atoms with Gasteiger partial charge >= 0.3 is 0 Å². The fourth-order valence-corrected chi connectivity index (χ4v) is 2.24. The number of rotatable bonds is 9. The van der Waals surface area contributed by atoms with Gasteiger partial charge in [0.05, 0.1) is 13.3 Å². The SMILES string of the molecule is CN1CCC(NCOC[C@@H](N)CCCN=C(N)N)CC1. The first-order chi connectivity index (χ1) is 9.58. The molecule has 0 aliphatic carbocycles. The van der Waals surface area contributed by atoms with Crippen LogP contribution in [0.4, 0.5) is 0 Å². The Bertz CT molecular complexity index is 274. The number of guanidine groups is 1. The molecular weight excluding hydrogens is 256 g/mol. The molecule has 1 rings (SSSR count). The monoisotopic (exact) mass is 286 g/mol. The number of hydrogen-bond donors (Lipinski definition) is 4. The van der Waals surface area contributed by atoms with Crippen LogP contribution in [0.3, 0.4) is 0 Å². The Labute approximate surface area is 121 Å². The van der Waals surface area contributed by atoms with Crippen LogP contribution >= 0.6 is 0 Å². The lowest BCUT2D eigenvalue weighted by Gasteiger charge is -2.29. The van der Waals surface area contributed by atoms with Crippen LogP contribution < -0.4 is 22.5 Å². The maximum atomic E-state index is 5.96. The Kier molecular flexibility index (Phi) is 8.52. The van der Waals surface area contributed by atoms with Gasteiger partial charge in [0.25, 0.3) is 0 Å². The Hall–Kier alpha value is -0.890. The van der Waals surface area contributed by atoms with Crippen LogP contribution in [0, 0.1) is 0 Å². The zero-order valence-electron chi connectivity index (χ0n) is 12.6. The highest BCUT2D eigenvalue weighted by Crippen LogP contribution is 2.07. The summed E-state index contributed by atoms with van der Waals surface area (Å²) in [7, 11) is 2.16. The summed E-state index contributed by atoms with van der Waals surface area (Å²) in [6.45, 7) is 4.09. The molecule has 118 valence electrons. The van der Waals surface area contributed by atoms with Gasteiger partial charge in [-0.25, -0.2) is 0 Å². The molecule has 1 saturated heterocycles. The van der Waals surface area contributed by atoms with Crippen molar-refractivity contribution in [3.05, 3.63) is 0 Å². The first-order valence-electron chi connectivity index (χ1n) is 7.38. The van der Waals surface area contributed by atoms with Crippen LogP contribution in [0.1, 0.15) is 25.7 Å². The summed E-state index contributed by atoms with van der Waals surface area (Å²) >= 11 is 0. The first-order valence-corrected chi connectivity index (χ1v) is 7.38. The summed E-state index contributed by atoms with van der Waals surface area (Å²) in [5, 5.41) is 3.42. The van der Waals surface area contributed by atoms with E-state index in [2.05, 4.69) is 22.3 Å². The number of hydrogen-bond acceptors (Lipinski definition) is 5. The van der Waals surface area contributed by atoms with Crippen molar-refractivity contribution in [2.75, 3.05) is 40.0 Å². The molecule has 0 amide bonds. The van der Waals surface area contributed by atoms with E-state index in [0.29, 0.717) is 25.9 Å². The minimum atomic E-state index is 0.0449. The van der Waals surface area contributed by atoms with E-state index in [4.69, 9.17) is 21.9 Å². The van der Waals surface area contributed by atoms with E-state index in [1.165, 1.54) is 12.8 Å². The van der Waals surface area contributed by atoms with Crippen molar-refractivity contribution >= 4 is 5.96 Å². The van der Waals surface area contributed by atoms with Gasteiger partial charge in [0.15, 0.2) is 5.96 Å². The van der Waals surface area contributed by atoms with Gasteiger partial charge in [-0.1, -0.05) is 0 Å². The van der Waals surface area contributed by atoms with Crippen LogP contribution in [0.2, 0.25) is 0 Å². The molecule has 0 radical (unpaired) electrons. The standard InChI is InChI=1S/C13H30N6O/c1-19-7-4-12(5-8-19)18-10-20-9-11(14)3-2-6-17-13(15)16/h11-12,18H,2-10,14H2,1H3,(H4,15,16,17)/t11-/m0/s1. The molecule has 7 N–H and O–H groups in total. The Morgan fingerprint density at radius 1 is 1.40 bits per heavy atom. The van der Waals surface area contributed by atoms with Gasteiger partial charge in [-0.15, -0.1) is 0 Å². The molecule has 1 fully saturated rings. The lowest BCUT2D eigenvalue weighted by molar-refractivity contribution is 0.0859. The average molecular weight is 286 g/mol. The minimum absolute atomic E-state index is 0.0449. The Morgan fingerprint density at radius 3 is 2.75 bits per heavy atom. The molecule has 0 aromatic rings. The number of nitrogens with zero attached hydrogens (tertiary/aromatic N) is 2. The number of likely N-dealkylation sites (tertiary alicyclic amines) is 1. The molecule has 0 saturated carbocycles. The molecule has 1 aliphatic heterocycles. The van der Waals surface area contributed by atoms with Crippen LogP contribution in [-0.4, -0.2) is 63.0 Å². The van der Waals surface area contributed by atoms with Gasteiger partial charge in [0, 0.05) is 18.6 Å². The summed E-state index contributed by atoms with van der Waals surface area (Å²) in [6.07, 6.45) is 4.12. The molecule has 0 aromatic heterocycles. The average Bonchev–Trinajstić information content (AvgIpc) is 2.41. The van der Waals surface area contributed by atoms with Crippen LogP contribution in [-0.2, 0) is 4.74 Å². The normalized spacial score (nSPS) is 18.9. The van der Waals surface area contributed by atoms with E-state index in [1.807, 2.05) is 0 Å². The highest BCUT2D eigenvalue weighted by atomic mass is 16.5. The van der Waals surface area contributed by atoms with Crippen molar-refractivity contribution in [3.63, 3.8) is 0 Å². The van der Waals surface area contributed by atoms with E-state index < -0.39 is 0 Å². The molecule has 0 bridgehead atoms. The van der Waals surface area contributed by atoms with Crippen molar-refractivity contribution in [2.45, 2.75) is 37.8 Å². The van der Waals surface area contributed by atoms with E-state index >= 15 is 0 Å². The van der Waals surface area contributed by atoms with Gasteiger partial charge in [0.2, 0.25) is 0 Å². The summed E-state index contributed by atoms with van der Waals surface area (Å²) in [5.74, 6) is 0.136. The smallest absolute Gasteiger partial charge is 0.185 e. The second kappa shape index (κ2) is 9.93. The molecule has 7 heteroatoms. The van der Waals surface area contributed by atoms with Crippen LogP contribution in [0.25, 0.3) is 0 Å². The fourth-order valence-electron chi connectivity index (χ4n) is 2.24. The molecule has 7 nitrogen and oxygen atoms in total. The second-order valence-electron chi connectivity index (χ2n) is 5.51. The Morgan fingerprint density at radius 2 is 2.10 bits per heavy atom. The van der Waals surface area contributed by atoms with Crippen molar-refractivity contribution < 1.29 is 4.74 Å². The van der Waals surface area contributed by atoms with Gasteiger partial charge < -0.3 is 26.8 Å². The van der Waals surface area contributed by atoms with Gasteiger partial charge in [-0.2, -0.15) is 0 Å². The quantitative estimate of drug-likeness (QED) is 0.187. The maximum Gasteiger partial charge on any atom is 0.185 e. The number of nitrogens with one attached hydrogen (secondary N) is 1. The van der Waals surface area contributed by atoms with Crippen molar-refractivity contribution in [1.82, 2.24) is 10.2 Å². The topological polar surface area (TPSA) is 115 Å². The molecule has 0 aromatic carbocycles. The molecule has 0 unspecified atom stereocenters. The minimum Gasteiger partial charge on any atom is -0.370 e. The number of aliphatic imine (C=N–C) groups is 1. The van der Waals surface area contributed by atoms with E-state index in [9.17, 15) is 0 Å². The highest BCUT2D eigenvalue weighted by Gasteiger charge is 2.15. The first kappa shape index (κ1) is 17.2. The third-order valence-corrected chi connectivity index (χ3v) is 3.55. The van der Waals surface area contributed by atoms with Crippen LogP contribution in [0.15, 0.2) is 4.99 Å². The number of ether oxygens (including phenoxy) is 1. The molecule has 1 aliphatic rings. The third kappa shape index (κ3) is 8.31. The summed E-state index contributed by atoms with van der Waals surface area (Å²) in [5.41, 5.74) is 16.5. The predicted molar refractivity (Wildman–Crippen MR) is 82.4 cm³/mol.